The zero-order chi connectivity index (χ0) is 27.0. The van der Waals surface area contributed by atoms with E-state index in [0.717, 1.165) is 70.6 Å². The third-order valence-corrected chi connectivity index (χ3v) is 9.01. The lowest BCUT2D eigenvalue weighted by Crippen LogP contribution is -2.41. The van der Waals surface area contributed by atoms with Gasteiger partial charge in [0.25, 0.3) is 5.91 Å². The van der Waals surface area contributed by atoms with E-state index in [4.69, 9.17) is 16.3 Å². The van der Waals surface area contributed by atoms with E-state index in [2.05, 4.69) is 6.92 Å². The lowest BCUT2D eigenvalue weighted by Gasteiger charge is -2.36. The van der Waals surface area contributed by atoms with Gasteiger partial charge in [-0.05, 0) is 67.0 Å². The summed E-state index contributed by atoms with van der Waals surface area (Å²) < 4.78 is 35.8. The fraction of sp³-hybridized carbons (Fsp3) is 0.310. The van der Waals surface area contributed by atoms with Crippen molar-refractivity contribution >= 4 is 38.9 Å². The Bertz CT molecular complexity index is 1480. The van der Waals surface area contributed by atoms with Crippen LogP contribution in [0.1, 0.15) is 47.8 Å². The van der Waals surface area contributed by atoms with Gasteiger partial charge in [-0.2, -0.15) is 0 Å². The van der Waals surface area contributed by atoms with Crippen LogP contribution in [0.3, 0.4) is 0 Å². The Morgan fingerprint density at radius 1 is 1.08 bits per heavy atom. The van der Waals surface area contributed by atoms with Gasteiger partial charge in [-0.3, -0.25) is 10.0 Å². The number of aromatic nitrogens is 1. The molecule has 4 aromatic rings. The molecule has 1 aliphatic carbocycles. The minimum atomic E-state index is -0.652. The van der Waals surface area contributed by atoms with Gasteiger partial charge < -0.3 is 9.64 Å². The SMILES string of the molecule is COc1ccc(-c2cc[n+](O)cc2)cc1CN(C(=O)c1sc2c(F)ccc(F)c2c1Cl)C1CCC(C)CC1. The number of ether oxygens (including phenoxy) is 1. The van der Waals surface area contributed by atoms with Gasteiger partial charge in [0.1, 0.15) is 22.3 Å². The van der Waals surface area contributed by atoms with Crippen LogP contribution in [0.25, 0.3) is 21.2 Å². The molecule has 9 heteroatoms. The van der Waals surface area contributed by atoms with Gasteiger partial charge >= 0.3 is 0 Å². The van der Waals surface area contributed by atoms with Gasteiger partial charge in [0.15, 0.2) is 0 Å². The Morgan fingerprint density at radius 3 is 2.42 bits per heavy atom. The molecule has 0 unspecified atom stereocenters. The van der Waals surface area contributed by atoms with Crippen LogP contribution in [0.5, 0.6) is 5.75 Å². The van der Waals surface area contributed by atoms with E-state index >= 15 is 0 Å². The van der Waals surface area contributed by atoms with Crippen LogP contribution < -0.4 is 9.47 Å². The first kappa shape index (κ1) is 26.4. The van der Waals surface area contributed by atoms with E-state index in [1.165, 1.54) is 0 Å². The molecule has 0 aliphatic heterocycles. The van der Waals surface area contributed by atoms with E-state index in [0.29, 0.717) is 11.7 Å². The fourth-order valence-corrected chi connectivity index (χ4v) is 6.67. The first-order chi connectivity index (χ1) is 18.3. The lowest BCUT2D eigenvalue weighted by molar-refractivity contribution is -0.904. The second-order valence-corrected chi connectivity index (χ2v) is 11.2. The molecule has 2 aromatic heterocycles. The predicted octanol–water partition coefficient (Wildman–Crippen LogP) is 7.25. The topological polar surface area (TPSA) is 53.7 Å². The summed E-state index contributed by atoms with van der Waals surface area (Å²) in [6, 6.07) is 11.4. The highest BCUT2D eigenvalue weighted by Crippen LogP contribution is 2.41. The summed E-state index contributed by atoms with van der Waals surface area (Å²) in [6.45, 7) is 2.45. The predicted molar refractivity (Wildman–Crippen MR) is 144 cm³/mol. The number of benzene rings is 2. The number of hydrogen-bond acceptors (Lipinski definition) is 4. The van der Waals surface area contributed by atoms with Gasteiger partial charge in [0.05, 0.1) is 22.2 Å². The highest BCUT2D eigenvalue weighted by atomic mass is 35.5. The quantitative estimate of drug-likeness (QED) is 0.201. The molecule has 0 saturated heterocycles. The lowest BCUT2D eigenvalue weighted by atomic mass is 9.86. The van der Waals surface area contributed by atoms with Crippen molar-refractivity contribution in [2.24, 2.45) is 5.92 Å². The molecule has 0 atom stereocenters. The van der Waals surface area contributed by atoms with Crippen molar-refractivity contribution in [1.29, 1.82) is 0 Å². The standard InChI is InChI=1S/C29H28ClF2N2O3S/c1-17-3-6-21(7-4-17)34(29(35)28-26(30)25-22(31)8-9-23(32)27(25)38-28)16-20-15-19(5-10-24(20)37-2)18-11-13-33(36)14-12-18/h5,8-15,17,21,36H,3-4,6-7,16H2,1-2H3/q+1. The second-order valence-electron chi connectivity index (χ2n) is 9.82. The minimum Gasteiger partial charge on any atom is -0.496 e. The van der Waals surface area contributed by atoms with Gasteiger partial charge in [-0.25, -0.2) is 8.78 Å². The molecule has 2 aromatic carbocycles. The molecule has 5 rings (SSSR count). The molecule has 1 aliphatic rings. The number of nitrogens with zero attached hydrogens (tertiary/aromatic N) is 2. The van der Waals surface area contributed by atoms with Crippen LogP contribution >= 0.6 is 22.9 Å². The van der Waals surface area contributed by atoms with Crippen LogP contribution in [0.2, 0.25) is 5.02 Å². The Hall–Kier alpha value is -3.23. The molecule has 5 nitrogen and oxygen atoms in total. The smallest absolute Gasteiger partial charge is 0.266 e. The molecule has 0 bridgehead atoms. The molecule has 0 radical (unpaired) electrons. The van der Waals surface area contributed by atoms with E-state index in [1.54, 1.807) is 36.5 Å². The number of pyridine rings is 1. The largest absolute Gasteiger partial charge is 0.496 e. The monoisotopic (exact) mass is 557 g/mol. The zero-order valence-electron chi connectivity index (χ0n) is 21.1. The summed E-state index contributed by atoms with van der Waals surface area (Å²) in [5, 5.41) is 9.49. The Morgan fingerprint density at radius 2 is 1.76 bits per heavy atom. The van der Waals surface area contributed by atoms with E-state index < -0.39 is 11.6 Å². The van der Waals surface area contributed by atoms with Crippen molar-refractivity contribution in [3.05, 3.63) is 82.0 Å². The summed E-state index contributed by atoms with van der Waals surface area (Å²) >= 11 is 7.42. The van der Waals surface area contributed by atoms with Crippen molar-refractivity contribution in [2.75, 3.05) is 7.11 Å². The van der Waals surface area contributed by atoms with Crippen molar-refractivity contribution in [2.45, 2.75) is 45.2 Å². The van der Waals surface area contributed by atoms with Gasteiger partial charge in [-0.1, -0.05) is 24.6 Å². The number of halogens is 3. The number of hydrogen-bond donors (Lipinski definition) is 1. The van der Waals surface area contributed by atoms with E-state index in [9.17, 15) is 18.8 Å². The molecule has 1 amide bonds. The summed E-state index contributed by atoms with van der Waals surface area (Å²) in [5.41, 5.74) is 2.59. The van der Waals surface area contributed by atoms with Gasteiger partial charge in [0.2, 0.25) is 12.4 Å². The van der Waals surface area contributed by atoms with Crippen LogP contribution in [0, 0.1) is 17.6 Å². The highest BCUT2D eigenvalue weighted by Gasteiger charge is 2.32. The van der Waals surface area contributed by atoms with Crippen molar-refractivity contribution in [3.63, 3.8) is 0 Å². The van der Waals surface area contributed by atoms with Crippen LogP contribution in [-0.4, -0.2) is 29.2 Å². The number of amides is 1. The third kappa shape index (κ3) is 5.07. The molecular weight excluding hydrogens is 530 g/mol. The number of carbonyl (C=O) groups excluding carboxylic acids is 1. The van der Waals surface area contributed by atoms with E-state index in [1.807, 2.05) is 18.2 Å². The van der Waals surface area contributed by atoms with Gasteiger partial charge in [0, 0.05) is 35.0 Å². The van der Waals surface area contributed by atoms with Crippen molar-refractivity contribution < 1.29 is 28.2 Å². The molecule has 38 heavy (non-hydrogen) atoms. The number of carbonyl (C=O) groups is 1. The molecule has 2 heterocycles. The zero-order valence-corrected chi connectivity index (χ0v) is 22.7. The molecule has 1 fully saturated rings. The normalized spacial score (nSPS) is 17.5. The minimum absolute atomic E-state index is 0.0420. The fourth-order valence-electron chi connectivity index (χ4n) is 5.16. The molecule has 1 saturated carbocycles. The second kappa shape index (κ2) is 10.9. The maximum absolute atomic E-state index is 14.6. The summed E-state index contributed by atoms with van der Waals surface area (Å²) in [5.74, 6) is -0.399. The molecule has 0 spiro atoms. The van der Waals surface area contributed by atoms with Crippen molar-refractivity contribution in [3.8, 4) is 16.9 Å². The first-order valence-corrected chi connectivity index (χ1v) is 13.7. The number of fused-ring (bicyclic) bond motifs is 1. The molecular formula is C29H28ClF2N2O3S+. The summed E-state index contributed by atoms with van der Waals surface area (Å²) in [6.07, 6.45) is 6.71. The highest BCUT2D eigenvalue weighted by molar-refractivity contribution is 7.21. The first-order valence-electron chi connectivity index (χ1n) is 12.5. The van der Waals surface area contributed by atoms with Crippen LogP contribution in [0.15, 0.2) is 54.9 Å². The van der Waals surface area contributed by atoms with Gasteiger partial charge in [-0.15, -0.1) is 11.3 Å². The Balaban J connectivity index is 1.56. The number of rotatable bonds is 6. The van der Waals surface area contributed by atoms with Crippen molar-refractivity contribution in [1.82, 2.24) is 4.90 Å². The van der Waals surface area contributed by atoms with Crippen LogP contribution in [0.4, 0.5) is 8.78 Å². The third-order valence-electron chi connectivity index (χ3n) is 7.33. The Labute approximate surface area is 228 Å². The van der Waals surface area contributed by atoms with E-state index in [-0.39, 0.29) is 38.5 Å². The summed E-state index contributed by atoms with van der Waals surface area (Å²) in [4.78, 5) is 16.0. The maximum Gasteiger partial charge on any atom is 0.266 e. The Kier molecular flexibility index (Phi) is 7.54. The summed E-state index contributed by atoms with van der Waals surface area (Å²) in [7, 11) is 1.58. The number of methoxy groups -OCH3 is 1. The van der Waals surface area contributed by atoms with Crippen LogP contribution in [-0.2, 0) is 6.54 Å². The average molecular weight is 558 g/mol. The molecule has 198 valence electrons. The molecule has 1 N–H and O–H groups in total. The number of thiophene rings is 1. The average Bonchev–Trinajstić information content (AvgIpc) is 3.28. The maximum atomic E-state index is 14.6.